The third-order valence-electron chi connectivity index (χ3n) is 5.02. The number of rotatable bonds is 3. The van der Waals surface area contributed by atoms with E-state index >= 15 is 0 Å². The molecule has 20 heavy (non-hydrogen) atoms. The molecule has 2 unspecified atom stereocenters. The van der Waals surface area contributed by atoms with Crippen molar-refractivity contribution in [2.24, 2.45) is 11.3 Å². The van der Waals surface area contributed by atoms with Crippen molar-refractivity contribution in [3.05, 3.63) is 0 Å². The van der Waals surface area contributed by atoms with Gasteiger partial charge in [0, 0.05) is 13.1 Å². The van der Waals surface area contributed by atoms with Gasteiger partial charge in [0.05, 0.1) is 5.41 Å². The highest BCUT2D eigenvalue weighted by Gasteiger charge is 2.48. The highest BCUT2D eigenvalue weighted by Crippen LogP contribution is 2.37. The number of hydrogen-bond acceptors (Lipinski definition) is 3. The minimum Gasteiger partial charge on any atom is -0.480 e. The van der Waals surface area contributed by atoms with E-state index in [0.29, 0.717) is 19.5 Å². The third-order valence-corrected chi connectivity index (χ3v) is 5.02. The fourth-order valence-electron chi connectivity index (χ4n) is 3.53. The van der Waals surface area contributed by atoms with Gasteiger partial charge in [-0.25, -0.2) is 4.79 Å². The number of carbonyl (C=O) groups is 2. The Morgan fingerprint density at radius 3 is 2.60 bits per heavy atom. The SMILES string of the molecule is CC(C)C1(C(=O)N2CCCCCC2C(=O)O)CCNC1. The Hall–Kier alpha value is -1.10. The van der Waals surface area contributed by atoms with Gasteiger partial charge in [0.2, 0.25) is 5.91 Å². The minimum atomic E-state index is -0.856. The number of carbonyl (C=O) groups excluding carboxylic acids is 1. The Morgan fingerprint density at radius 2 is 2.05 bits per heavy atom. The molecule has 2 N–H and O–H groups in total. The van der Waals surface area contributed by atoms with E-state index in [4.69, 9.17) is 0 Å². The summed E-state index contributed by atoms with van der Waals surface area (Å²) in [7, 11) is 0. The van der Waals surface area contributed by atoms with Crippen molar-refractivity contribution in [2.45, 2.75) is 52.0 Å². The number of carboxylic acids is 1. The number of likely N-dealkylation sites (tertiary alicyclic amines) is 1. The predicted molar refractivity (Wildman–Crippen MR) is 76.4 cm³/mol. The first-order chi connectivity index (χ1) is 9.49. The number of nitrogens with one attached hydrogen (secondary N) is 1. The van der Waals surface area contributed by atoms with Gasteiger partial charge in [0.1, 0.15) is 6.04 Å². The topological polar surface area (TPSA) is 69.6 Å². The fourth-order valence-corrected chi connectivity index (χ4v) is 3.53. The summed E-state index contributed by atoms with van der Waals surface area (Å²) in [6.07, 6.45) is 4.22. The van der Waals surface area contributed by atoms with Gasteiger partial charge in [-0.1, -0.05) is 26.7 Å². The van der Waals surface area contributed by atoms with Gasteiger partial charge in [-0.2, -0.15) is 0 Å². The molecule has 1 amide bonds. The van der Waals surface area contributed by atoms with E-state index in [0.717, 1.165) is 32.2 Å². The molecule has 0 aromatic carbocycles. The van der Waals surface area contributed by atoms with Gasteiger partial charge in [-0.05, 0) is 31.7 Å². The Morgan fingerprint density at radius 1 is 1.30 bits per heavy atom. The molecule has 0 radical (unpaired) electrons. The molecule has 0 aromatic heterocycles. The zero-order chi connectivity index (χ0) is 14.8. The van der Waals surface area contributed by atoms with Crippen LogP contribution in [-0.2, 0) is 9.59 Å². The molecule has 0 aliphatic carbocycles. The molecular weight excluding hydrogens is 256 g/mol. The summed E-state index contributed by atoms with van der Waals surface area (Å²) in [6, 6.07) is -0.638. The molecule has 2 heterocycles. The summed E-state index contributed by atoms with van der Waals surface area (Å²) in [6.45, 7) is 6.24. The van der Waals surface area contributed by atoms with Crippen LogP contribution in [0.4, 0.5) is 0 Å². The zero-order valence-electron chi connectivity index (χ0n) is 12.5. The van der Waals surface area contributed by atoms with Crippen LogP contribution in [0.1, 0.15) is 46.0 Å². The average Bonchev–Trinajstić information content (AvgIpc) is 2.77. The third kappa shape index (κ3) is 2.68. The predicted octanol–water partition coefficient (Wildman–Crippen LogP) is 1.48. The van der Waals surface area contributed by atoms with E-state index in [1.54, 1.807) is 4.90 Å². The number of amides is 1. The number of hydrogen-bond donors (Lipinski definition) is 2. The van der Waals surface area contributed by atoms with Crippen molar-refractivity contribution in [3.63, 3.8) is 0 Å². The summed E-state index contributed by atoms with van der Waals surface area (Å²) in [5.41, 5.74) is -0.419. The lowest BCUT2D eigenvalue weighted by Gasteiger charge is -2.38. The van der Waals surface area contributed by atoms with E-state index in [1.807, 2.05) is 0 Å². The van der Waals surface area contributed by atoms with E-state index < -0.39 is 17.4 Å². The molecule has 0 saturated carbocycles. The van der Waals surface area contributed by atoms with Crippen molar-refractivity contribution in [1.82, 2.24) is 10.2 Å². The monoisotopic (exact) mass is 282 g/mol. The average molecular weight is 282 g/mol. The van der Waals surface area contributed by atoms with E-state index in [1.165, 1.54) is 0 Å². The molecule has 5 nitrogen and oxygen atoms in total. The van der Waals surface area contributed by atoms with Crippen molar-refractivity contribution < 1.29 is 14.7 Å². The highest BCUT2D eigenvalue weighted by atomic mass is 16.4. The smallest absolute Gasteiger partial charge is 0.326 e. The van der Waals surface area contributed by atoms with Crippen LogP contribution >= 0.6 is 0 Å². The summed E-state index contributed by atoms with van der Waals surface area (Å²) < 4.78 is 0. The van der Waals surface area contributed by atoms with Crippen LogP contribution in [0.25, 0.3) is 0 Å². The summed E-state index contributed by atoms with van der Waals surface area (Å²) in [5.74, 6) is -0.584. The number of carboxylic acid groups (broad SMARTS) is 1. The lowest BCUT2D eigenvalue weighted by molar-refractivity contribution is -0.156. The lowest BCUT2D eigenvalue weighted by Crippen LogP contribution is -2.53. The van der Waals surface area contributed by atoms with Gasteiger partial charge < -0.3 is 15.3 Å². The molecule has 2 fully saturated rings. The largest absolute Gasteiger partial charge is 0.480 e. The summed E-state index contributed by atoms with van der Waals surface area (Å²) in [4.78, 5) is 26.2. The van der Waals surface area contributed by atoms with Gasteiger partial charge in [-0.15, -0.1) is 0 Å². The highest BCUT2D eigenvalue weighted by molar-refractivity contribution is 5.88. The van der Waals surface area contributed by atoms with Crippen LogP contribution in [-0.4, -0.2) is 47.6 Å². The quantitative estimate of drug-likeness (QED) is 0.822. The molecule has 2 saturated heterocycles. The van der Waals surface area contributed by atoms with Crippen molar-refractivity contribution >= 4 is 11.9 Å². The van der Waals surface area contributed by atoms with Crippen molar-refractivity contribution in [3.8, 4) is 0 Å². The first-order valence-electron chi connectivity index (χ1n) is 7.73. The van der Waals surface area contributed by atoms with Crippen LogP contribution in [0.3, 0.4) is 0 Å². The maximum Gasteiger partial charge on any atom is 0.326 e. The molecule has 2 atom stereocenters. The summed E-state index contributed by atoms with van der Waals surface area (Å²) >= 11 is 0. The van der Waals surface area contributed by atoms with Crippen molar-refractivity contribution in [1.29, 1.82) is 0 Å². The second kappa shape index (κ2) is 6.12. The Balaban J connectivity index is 2.25. The standard InChI is InChI=1S/C15H26N2O3/c1-11(2)15(7-8-16-10-15)14(20)17-9-5-3-4-6-12(17)13(18)19/h11-12,16H,3-10H2,1-2H3,(H,18,19). The van der Waals surface area contributed by atoms with Crippen LogP contribution in [0.5, 0.6) is 0 Å². The normalized spacial score (nSPS) is 31.4. The Bertz CT molecular complexity index is 375. The molecular formula is C15H26N2O3. The molecule has 0 spiro atoms. The first kappa shape index (κ1) is 15.3. The van der Waals surface area contributed by atoms with Crippen LogP contribution in [0, 0.1) is 11.3 Å². The van der Waals surface area contributed by atoms with Gasteiger partial charge in [-0.3, -0.25) is 4.79 Å². The van der Waals surface area contributed by atoms with Crippen LogP contribution in [0.15, 0.2) is 0 Å². The van der Waals surface area contributed by atoms with E-state index in [-0.39, 0.29) is 11.8 Å². The first-order valence-corrected chi connectivity index (χ1v) is 7.73. The maximum absolute atomic E-state index is 13.1. The van der Waals surface area contributed by atoms with Crippen molar-refractivity contribution in [2.75, 3.05) is 19.6 Å². The second-order valence-electron chi connectivity index (χ2n) is 6.44. The number of nitrogens with zero attached hydrogens (tertiary/aromatic N) is 1. The Kier molecular flexibility index (Phi) is 4.68. The molecule has 2 aliphatic rings. The second-order valence-corrected chi connectivity index (χ2v) is 6.44. The minimum absolute atomic E-state index is 0.0480. The maximum atomic E-state index is 13.1. The molecule has 114 valence electrons. The molecule has 5 heteroatoms. The van der Waals surface area contributed by atoms with Crippen LogP contribution in [0.2, 0.25) is 0 Å². The zero-order valence-corrected chi connectivity index (χ0v) is 12.5. The Labute approximate surface area is 120 Å². The van der Waals surface area contributed by atoms with Gasteiger partial charge >= 0.3 is 5.97 Å². The van der Waals surface area contributed by atoms with E-state index in [2.05, 4.69) is 19.2 Å². The number of aliphatic carboxylic acids is 1. The molecule has 0 bridgehead atoms. The van der Waals surface area contributed by atoms with Gasteiger partial charge in [0.15, 0.2) is 0 Å². The molecule has 2 rings (SSSR count). The van der Waals surface area contributed by atoms with Crippen LogP contribution < -0.4 is 5.32 Å². The van der Waals surface area contributed by atoms with E-state index in [9.17, 15) is 14.7 Å². The summed E-state index contributed by atoms with van der Waals surface area (Å²) in [5, 5.41) is 12.7. The lowest BCUT2D eigenvalue weighted by atomic mass is 9.75. The fraction of sp³-hybridized carbons (Fsp3) is 0.867. The van der Waals surface area contributed by atoms with Gasteiger partial charge in [0.25, 0.3) is 0 Å². The molecule has 0 aromatic rings. The molecule has 2 aliphatic heterocycles.